The molecule has 0 aliphatic heterocycles. The molecule has 0 aromatic rings. The number of rotatable bonds is 9. The van der Waals surface area contributed by atoms with Crippen LogP contribution in [-0.4, -0.2) is 0 Å². The molecule has 0 bridgehead atoms. The molecular weight excluding hydrogens is 156 g/mol. The van der Waals surface area contributed by atoms with Gasteiger partial charge in [-0.15, -0.1) is 0 Å². The van der Waals surface area contributed by atoms with Crippen LogP contribution >= 0.6 is 0 Å². The van der Waals surface area contributed by atoms with Gasteiger partial charge in [0.1, 0.15) is 0 Å². The summed E-state index contributed by atoms with van der Waals surface area (Å²) in [6, 6.07) is 0. The average molecular weight is 182 g/mol. The van der Waals surface area contributed by atoms with Crippen molar-refractivity contribution in [2.75, 3.05) is 0 Å². The Morgan fingerprint density at radius 3 is 2.31 bits per heavy atom. The second kappa shape index (κ2) is 10.1. The van der Waals surface area contributed by atoms with Crippen molar-refractivity contribution in [1.29, 1.82) is 0 Å². The highest BCUT2D eigenvalue weighted by Gasteiger charge is 2.04. The fraction of sp³-hybridized carbons (Fsp3) is 0.846. The minimum absolute atomic E-state index is 0.991. The van der Waals surface area contributed by atoms with E-state index >= 15 is 0 Å². The van der Waals surface area contributed by atoms with Gasteiger partial charge in [0, 0.05) is 0 Å². The molecule has 0 saturated heterocycles. The van der Waals surface area contributed by atoms with Gasteiger partial charge in [-0.05, 0) is 19.3 Å². The highest BCUT2D eigenvalue weighted by atomic mass is 14.1. The Balaban J connectivity index is 3.25. The van der Waals surface area contributed by atoms with Gasteiger partial charge in [-0.3, -0.25) is 0 Å². The molecule has 0 aliphatic rings. The molecule has 0 spiro atoms. The lowest BCUT2D eigenvalue weighted by Crippen LogP contribution is -1.98. The molecule has 0 rings (SSSR count). The minimum atomic E-state index is 0.991. The Morgan fingerprint density at radius 2 is 1.77 bits per heavy atom. The molecule has 0 aromatic heterocycles. The average Bonchev–Trinajstić information content (AvgIpc) is 2.17. The first-order chi connectivity index (χ1) is 6.35. The van der Waals surface area contributed by atoms with Gasteiger partial charge in [0.25, 0.3) is 0 Å². The van der Waals surface area contributed by atoms with Crippen LogP contribution in [0, 0.1) is 19.3 Å². The summed E-state index contributed by atoms with van der Waals surface area (Å²) in [5, 5.41) is 0. The van der Waals surface area contributed by atoms with Crippen molar-refractivity contribution in [3.05, 3.63) is 13.3 Å². The predicted molar refractivity (Wildman–Crippen MR) is 61.4 cm³/mol. The smallest absolute Gasteiger partial charge is 0.0386 e. The Labute approximate surface area is 85.1 Å². The Kier molecular flexibility index (Phi) is 10.1. The lowest BCUT2D eigenvalue weighted by atomic mass is 9.93. The van der Waals surface area contributed by atoms with Crippen molar-refractivity contribution >= 4 is 0 Å². The van der Waals surface area contributed by atoms with Crippen LogP contribution in [0.4, 0.5) is 0 Å². The van der Waals surface area contributed by atoms with E-state index in [-0.39, 0.29) is 0 Å². The molecule has 0 aromatic carbocycles. The third-order valence-corrected chi connectivity index (χ3v) is 2.81. The minimum Gasteiger partial charge on any atom is -0.0654 e. The quantitative estimate of drug-likeness (QED) is 0.449. The largest absolute Gasteiger partial charge is 0.0654 e. The maximum Gasteiger partial charge on any atom is -0.0386 e. The van der Waals surface area contributed by atoms with Gasteiger partial charge < -0.3 is 0 Å². The highest BCUT2D eigenvalue weighted by molar-refractivity contribution is 4.66. The number of hydrogen-bond donors (Lipinski definition) is 0. The lowest BCUT2D eigenvalue weighted by Gasteiger charge is -2.13. The summed E-state index contributed by atoms with van der Waals surface area (Å²) in [7, 11) is 0. The molecular formula is C13H26. The van der Waals surface area contributed by atoms with Crippen molar-refractivity contribution in [3.63, 3.8) is 0 Å². The van der Waals surface area contributed by atoms with Gasteiger partial charge in [-0.25, -0.2) is 0 Å². The zero-order chi connectivity index (χ0) is 9.94. The molecule has 0 N–H and O–H groups in total. The van der Waals surface area contributed by atoms with E-state index in [2.05, 4.69) is 20.8 Å². The van der Waals surface area contributed by atoms with Crippen molar-refractivity contribution in [2.45, 2.75) is 65.2 Å². The van der Waals surface area contributed by atoms with Gasteiger partial charge in [0.15, 0.2) is 0 Å². The van der Waals surface area contributed by atoms with Crippen molar-refractivity contribution in [2.24, 2.45) is 5.92 Å². The predicted octanol–water partition coefficient (Wildman–Crippen LogP) is 4.80. The van der Waals surface area contributed by atoms with Crippen LogP contribution in [0.15, 0.2) is 0 Å². The van der Waals surface area contributed by atoms with E-state index in [0.717, 1.165) is 5.92 Å². The summed E-state index contributed by atoms with van der Waals surface area (Å²) in [5.41, 5.74) is 0. The molecule has 0 amide bonds. The normalized spacial score (nSPS) is 13.2. The molecule has 2 radical (unpaired) electrons. The van der Waals surface area contributed by atoms with Crippen molar-refractivity contribution in [1.82, 2.24) is 0 Å². The Morgan fingerprint density at radius 1 is 1.08 bits per heavy atom. The standard InChI is InChI=1S/C13H26/c1-4-7-9-10-12-13(6-3)11-8-5-2/h4,13H,1,5-12H2,2-3H3. The van der Waals surface area contributed by atoms with E-state index in [4.69, 9.17) is 0 Å². The molecule has 0 heterocycles. The maximum atomic E-state index is 3.75. The van der Waals surface area contributed by atoms with Crippen LogP contribution in [0.25, 0.3) is 0 Å². The second-order valence-electron chi connectivity index (χ2n) is 3.99. The Hall–Kier alpha value is 0. The summed E-state index contributed by atoms with van der Waals surface area (Å²) >= 11 is 0. The van der Waals surface area contributed by atoms with Crippen molar-refractivity contribution in [3.8, 4) is 0 Å². The van der Waals surface area contributed by atoms with Crippen LogP contribution in [0.1, 0.15) is 65.2 Å². The molecule has 1 unspecified atom stereocenters. The molecule has 0 aliphatic carbocycles. The van der Waals surface area contributed by atoms with E-state index < -0.39 is 0 Å². The molecule has 1 atom stereocenters. The number of hydrogen-bond acceptors (Lipinski definition) is 0. The molecule has 13 heavy (non-hydrogen) atoms. The van der Waals surface area contributed by atoms with Crippen LogP contribution in [0.5, 0.6) is 0 Å². The first kappa shape index (κ1) is 13.0. The second-order valence-corrected chi connectivity index (χ2v) is 3.99. The molecule has 0 heteroatoms. The first-order valence-corrected chi connectivity index (χ1v) is 5.96. The van der Waals surface area contributed by atoms with Gasteiger partial charge in [0.05, 0.1) is 0 Å². The zero-order valence-corrected chi connectivity index (χ0v) is 9.52. The van der Waals surface area contributed by atoms with E-state index in [1.54, 1.807) is 0 Å². The van der Waals surface area contributed by atoms with Crippen LogP contribution < -0.4 is 0 Å². The Bertz CT molecular complexity index is 86.0. The van der Waals surface area contributed by atoms with E-state index in [9.17, 15) is 0 Å². The monoisotopic (exact) mass is 182 g/mol. The van der Waals surface area contributed by atoms with Crippen LogP contribution in [0.3, 0.4) is 0 Å². The van der Waals surface area contributed by atoms with E-state index in [1.807, 2.05) is 6.42 Å². The molecule has 0 nitrogen and oxygen atoms in total. The molecule has 0 saturated carbocycles. The fourth-order valence-corrected chi connectivity index (χ4v) is 1.77. The lowest BCUT2D eigenvalue weighted by molar-refractivity contribution is 0.404. The summed E-state index contributed by atoms with van der Waals surface area (Å²) in [6.45, 7) is 8.36. The van der Waals surface area contributed by atoms with E-state index in [0.29, 0.717) is 0 Å². The summed E-state index contributed by atoms with van der Waals surface area (Å²) in [5.74, 6) is 0.991. The molecule has 0 fully saturated rings. The third kappa shape index (κ3) is 8.33. The fourth-order valence-electron chi connectivity index (χ4n) is 1.77. The van der Waals surface area contributed by atoms with Gasteiger partial charge in [0.2, 0.25) is 0 Å². The topological polar surface area (TPSA) is 0 Å². The first-order valence-electron chi connectivity index (χ1n) is 5.96. The van der Waals surface area contributed by atoms with Gasteiger partial charge in [-0.2, -0.15) is 0 Å². The highest BCUT2D eigenvalue weighted by Crippen LogP contribution is 2.19. The summed E-state index contributed by atoms with van der Waals surface area (Å²) in [4.78, 5) is 0. The maximum absolute atomic E-state index is 3.75. The van der Waals surface area contributed by atoms with E-state index in [1.165, 1.54) is 51.4 Å². The summed E-state index contributed by atoms with van der Waals surface area (Å²) in [6.07, 6.45) is 13.0. The SMILES string of the molecule is [CH2][CH]CCCCC(CC)CCCC. The zero-order valence-electron chi connectivity index (χ0n) is 9.52. The van der Waals surface area contributed by atoms with Crippen LogP contribution in [-0.2, 0) is 0 Å². The van der Waals surface area contributed by atoms with Crippen molar-refractivity contribution < 1.29 is 0 Å². The third-order valence-electron chi connectivity index (χ3n) is 2.81. The summed E-state index contributed by atoms with van der Waals surface area (Å²) < 4.78 is 0. The van der Waals surface area contributed by atoms with Crippen LogP contribution in [0.2, 0.25) is 0 Å². The molecule has 78 valence electrons. The van der Waals surface area contributed by atoms with Gasteiger partial charge in [-0.1, -0.05) is 65.2 Å². The number of unbranched alkanes of at least 4 members (excludes halogenated alkanes) is 4. The van der Waals surface area contributed by atoms with Gasteiger partial charge >= 0.3 is 0 Å².